The Morgan fingerprint density at radius 2 is 1.88 bits per heavy atom. The number of amides is 1. The van der Waals surface area contributed by atoms with Gasteiger partial charge < -0.3 is 9.47 Å². The predicted molar refractivity (Wildman–Crippen MR) is 96.4 cm³/mol. The van der Waals surface area contributed by atoms with Gasteiger partial charge in [-0.25, -0.2) is 0 Å². The van der Waals surface area contributed by atoms with Crippen molar-refractivity contribution in [3.05, 3.63) is 78.4 Å². The number of benzene rings is 1. The van der Waals surface area contributed by atoms with Gasteiger partial charge in [0, 0.05) is 50.0 Å². The van der Waals surface area contributed by atoms with E-state index in [0.29, 0.717) is 0 Å². The van der Waals surface area contributed by atoms with Crippen LogP contribution in [0.4, 0.5) is 0 Å². The molecule has 1 saturated heterocycles. The maximum Gasteiger partial charge on any atom is 0.253 e. The van der Waals surface area contributed by atoms with Gasteiger partial charge >= 0.3 is 0 Å². The quantitative estimate of drug-likeness (QED) is 0.735. The van der Waals surface area contributed by atoms with Crippen molar-refractivity contribution in [2.75, 3.05) is 13.1 Å². The smallest absolute Gasteiger partial charge is 0.253 e. The molecule has 0 aliphatic carbocycles. The predicted octanol–water partition coefficient (Wildman–Crippen LogP) is 3.21. The summed E-state index contributed by atoms with van der Waals surface area (Å²) < 4.78 is 4.09. The monoisotopic (exact) mass is 334 g/mol. The summed E-state index contributed by atoms with van der Waals surface area (Å²) in [7, 11) is 0. The lowest BCUT2D eigenvalue weighted by Crippen LogP contribution is -2.40. The summed E-state index contributed by atoms with van der Waals surface area (Å²) in [5.74, 6) is 0.115. The molecule has 3 heterocycles. The summed E-state index contributed by atoms with van der Waals surface area (Å²) in [5.41, 5.74) is 1.96. The molecule has 0 radical (unpaired) electrons. The van der Waals surface area contributed by atoms with Crippen molar-refractivity contribution in [1.29, 1.82) is 0 Å². The maximum absolute atomic E-state index is 12.8. The molecule has 0 spiro atoms. The molecule has 1 aliphatic rings. The first-order valence-electron chi connectivity index (χ1n) is 8.78. The number of aromatic nitrogens is 3. The number of hydrogen-bond acceptors (Lipinski definition) is 2. The molecule has 128 valence electrons. The molecule has 1 atom stereocenters. The second kappa shape index (κ2) is 6.97. The van der Waals surface area contributed by atoms with Crippen LogP contribution in [-0.4, -0.2) is 38.2 Å². The highest BCUT2D eigenvalue weighted by Crippen LogP contribution is 2.22. The summed E-state index contributed by atoms with van der Waals surface area (Å²) in [6.07, 6.45) is 9.95. The van der Waals surface area contributed by atoms with Crippen molar-refractivity contribution < 1.29 is 4.79 Å². The fraction of sp³-hybridized carbons (Fsp3) is 0.300. The average Bonchev–Trinajstić information content (AvgIpc) is 3.36. The summed E-state index contributed by atoms with van der Waals surface area (Å²) in [4.78, 5) is 14.8. The second-order valence-corrected chi connectivity index (χ2v) is 6.59. The molecule has 5 heteroatoms. The molecule has 1 unspecified atom stereocenters. The summed E-state index contributed by atoms with van der Waals surface area (Å²) in [6.45, 7) is 2.37. The third kappa shape index (κ3) is 3.50. The van der Waals surface area contributed by atoms with Gasteiger partial charge in [0.1, 0.15) is 0 Å². The Bertz CT molecular complexity index is 806. The molecule has 0 bridgehead atoms. The standard InChI is InChI=1S/C20H22N4O/c25-20(23-13-3-5-19(16-23)24-14-4-10-21-24)18-8-6-17(7-9-18)15-22-11-1-2-12-22/h1-2,4,6-12,14,19H,3,5,13,15-16H2. The molecule has 0 saturated carbocycles. The minimum Gasteiger partial charge on any atom is -0.350 e. The number of likely N-dealkylation sites (tertiary alicyclic amines) is 1. The Morgan fingerprint density at radius 1 is 1.08 bits per heavy atom. The zero-order valence-corrected chi connectivity index (χ0v) is 14.2. The summed E-state index contributed by atoms with van der Waals surface area (Å²) in [6, 6.07) is 14.2. The lowest BCUT2D eigenvalue weighted by atomic mass is 10.0. The molecule has 3 aromatic rings. The van der Waals surface area contributed by atoms with E-state index in [1.165, 1.54) is 5.56 Å². The molecule has 1 amide bonds. The van der Waals surface area contributed by atoms with Gasteiger partial charge in [0.2, 0.25) is 0 Å². The molecule has 1 aliphatic heterocycles. The Morgan fingerprint density at radius 3 is 2.60 bits per heavy atom. The average molecular weight is 334 g/mol. The van der Waals surface area contributed by atoms with Gasteiger partial charge in [0.15, 0.2) is 0 Å². The molecule has 25 heavy (non-hydrogen) atoms. The van der Waals surface area contributed by atoms with E-state index in [1.54, 1.807) is 6.20 Å². The number of rotatable bonds is 4. The fourth-order valence-corrected chi connectivity index (χ4v) is 3.47. The van der Waals surface area contributed by atoms with Crippen molar-refractivity contribution in [3.63, 3.8) is 0 Å². The van der Waals surface area contributed by atoms with Gasteiger partial charge in [-0.15, -0.1) is 0 Å². The van der Waals surface area contributed by atoms with Crippen LogP contribution in [0.15, 0.2) is 67.3 Å². The number of hydrogen-bond donors (Lipinski definition) is 0. The van der Waals surface area contributed by atoms with Crippen molar-refractivity contribution in [1.82, 2.24) is 19.2 Å². The first-order chi connectivity index (χ1) is 12.3. The molecular weight excluding hydrogens is 312 g/mol. The number of carbonyl (C=O) groups is 1. The van der Waals surface area contributed by atoms with E-state index in [1.807, 2.05) is 70.6 Å². The van der Waals surface area contributed by atoms with E-state index >= 15 is 0 Å². The third-order valence-corrected chi connectivity index (χ3v) is 4.81. The molecule has 1 fully saturated rings. The van der Waals surface area contributed by atoms with E-state index in [4.69, 9.17) is 0 Å². The maximum atomic E-state index is 12.8. The normalized spacial score (nSPS) is 17.6. The van der Waals surface area contributed by atoms with Crippen molar-refractivity contribution in [2.45, 2.75) is 25.4 Å². The van der Waals surface area contributed by atoms with Gasteiger partial charge in [0.05, 0.1) is 6.04 Å². The number of nitrogens with zero attached hydrogens (tertiary/aromatic N) is 4. The molecule has 2 aromatic heterocycles. The molecule has 0 N–H and O–H groups in total. The van der Waals surface area contributed by atoms with Gasteiger partial charge in [-0.2, -0.15) is 5.10 Å². The molecule has 5 nitrogen and oxygen atoms in total. The molecule has 1 aromatic carbocycles. The number of piperidine rings is 1. The van der Waals surface area contributed by atoms with Crippen LogP contribution < -0.4 is 0 Å². The van der Waals surface area contributed by atoms with E-state index in [9.17, 15) is 4.79 Å². The van der Waals surface area contributed by atoms with E-state index in [0.717, 1.165) is 38.0 Å². The van der Waals surface area contributed by atoms with Gasteiger partial charge in [-0.05, 0) is 48.7 Å². The summed E-state index contributed by atoms with van der Waals surface area (Å²) >= 11 is 0. The Labute approximate surface area is 147 Å². The third-order valence-electron chi connectivity index (χ3n) is 4.81. The zero-order valence-electron chi connectivity index (χ0n) is 14.2. The summed E-state index contributed by atoms with van der Waals surface area (Å²) in [5, 5.41) is 4.33. The van der Waals surface area contributed by atoms with Crippen LogP contribution >= 0.6 is 0 Å². The molecule has 4 rings (SSSR count). The highest BCUT2D eigenvalue weighted by atomic mass is 16.2. The van der Waals surface area contributed by atoms with Crippen LogP contribution in [0.1, 0.15) is 34.8 Å². The van der Waals surface area contributed by atoms with Gasteiger partial charge in [0.25, 0.3) is 5.91 Å². The van der Waals surface area contributed by atoms with Gasteiger partial charge in [-0.1, -0.05) is 12.1 Å². The highest BCUT2D eigenvalue weighted by Gasteiger charge is 2.25. The van der Waals surface area contributed by atoms with Crippen LogP contribution in [-0.2, 0) is 6.54 Å². The fourth-order valence-electron chi connectivity index (χ4n) is 3.47. The Balaban J connectivity index is 1.43. The molecular formula is C20H22N4O. The van der Waals surface area contributed by atoms with Gasteiger partial charge in [-0.3, -0.25) is 9.48 Å². The van der Waals surface area contributed by atoms with E-state index in [2.05, 4.69) is 9.67 Å². The van der Waals surface area contributed by atoms with Crippen molar-refractivity contribution in [3.8, 4) is 0 Å². The minimum absolute atomic E-state index is 0.115. The Kier molecular flexibility index (Phi) is 4.37. The van der Waals surface area contributed by atoms with Crippen molar-refractivity contribution in [2.24, 2.45) is 0 Å². The van der Waals surface area contributed by atoms with Crippen LogP contribution in [0.2, 0.25) is 0 Å². The second-order valence-electron chi connectivity index (χ2n) is 6.59. The topological polar surface area (TPSA) is 43.1 Å². The largest absolute Gasteiger partial charge is 0.350 e. The first-order valence-corrected chi connectivity index (χ1v) is 8.78. The van der Waals surface area contributed by atoms with Crippen LogP contribution in [0, 0.1) is 0 Å². The van der Waals surface area contributed by atoms with Crippen LogP contribution in [0.25, 0.3) is 0 Å². The SMILES string of the molecule is O=C(c1ccc(Cn2cccc2)cc1)N1CCCC(n2cccn2)C1. The van der Waals surface area contributed by atoms with Crippen LogP contribution in [0.3, 0.4) is 0 Å². The Hall–Kier alpha value is -2.82. The minimum atomic E-state index is 0.115. The van der Waals surface area contributed by atoms with Crippen LogP contribution in [0.5, 0.6) is 0 Å². The van der Waals surface area contributed by atoms with E-state index in [-0.39, 0.29) is 11.9 Å². The van der Waals surface area contributed by atoms with E-state index < -0.39 is 0 Å². The first kappa shape index (κ1) is 15.7. The zero-order chi connectivity index (χ0) is 17.1. The number of carbonyl (C=O) groups excluding carboxylic acids is 1. The lowest BCUT2D eigenvalue weighted by Gasteiger charge is -2.33. The van der Waals surface area contributed by atoms with Crippen molar-refractivity contribution >= 4 is 5.91 Å². The highest BCUT2D eigenvalue weighted by molar-refractivity contribution is 5.94. The lowest BCUT2D eigenvalue weighted by molar-refractivity contribution is 0.0673.